The molecule has 0 unspecified atom stereocenters. The lowest BCUT2D eigenvalue weighted by Gasteiger charge is -2.19. The van der Waals surface area contributed by atoms with Gasteiger partial charge in [0.1, 0.15) is 23.9 Å². The number of pyridine rings is 1. The number of aromatic nitrogens is 4. The minimum Gasteiger partial charge on any atom is -0.390 e. The van der Waals surface area contributed by atoms with Crippen molar-refractivity contribution >= 4 is 33.6 Å². The van der Waals surface area contributed by atoms with Gasteiger partial charge in [0.2, 0.25) is 0 Å². The Morgan fingerprint density at radius 1 is 1.15 bits per heavy atom. The van der Waals surface area contributed by atoms with Crippen molar-refractivity contribution in [3.05, 3.63) is 54.0 Å². The van der Waals surface area contributed by atoms with Crippen molar-refractivity contribution in [1.29, 1.82) is 0 Å². The zero-order valence-electron chi connectivity index (χ0n) is 18.1. The molecule has 4 atom stereocenters. The number of nitrogens with two attached hydrogens (primary N) is 1. The molecule has 0 radical (unpaired) electrons. The maximum absolute atomic E-state index is 10.8. The second-order valence-electron chi connectivity index (χ2n) is 9.03. The van der Waals surface area contributed by atoms with Crippen LogP contribution >= 0.6 is 0 Å². The number of benzene rings is 1. The summed E-state index contributed by atoms with van der Waals surface area (Å²) in [4.78, 5) is 18.4. The molecule has 6 rings (SSSR count). The van der Waals surface area contributed by atoms with E-state index in [0.717, 1.165) is 46.9 Å². The van der Waals surface area contributed by atoms with Crippen molar-refractivity contribution in [2.45, 2.75) is 43.9 Å². The van der Waals surface area contributed by atoms with Crippen LogP contribution < -0.4 is 11.2 Å². The monoisotopic (exact) mass is 446 g/mol. The van der Waals surface area contributed by atoms with Crippen LogP contribution in [-0.2, 0) is 17.7 Å². The molecule has 4 aromatic rings. The van der Waals surface area contributed by atoms with E-state index in [1.165, 1.54) is 11.9 Å². The van der Waals surface area contributed by atoms with Crippen LogP contribution in [0.15, 0.2) is 42.9 Å². The van der Waals surface area contributed by atoms with E-state index in [0.29, 0.717) is 24.5 Å². The van der Waals surface area contributed by atoms with Crippen LogP contribution in [0.5, 0.6) is 0 Å². The summed E-state index contributed by atoms with van der Waals surface area (Å²) in [5.41, 5.74) is 12.8. The molecule has 0 bridgehead atoms. The van der Waals surface area contributed by atoms with Gasteiger partial charge in [-0.2, -0.15) is 0 Å². The first kappa shape index (κ1) is 20.3. The Hall–Kier alpha value is -3.27. The average molecular weight is 447 g/mol. The maximum atomic E-state index is 10.8. The lowest BCUT2D eigenvalue weighted by atomic mass is 9.95. The Bertz CT molecular complexity index is 1340. The molecule has 0 spiro atoms. The minimum atomic E-state index is -0.863. The fourth-order valence-corrected chi connectivity index (χ4v) is 5.24. The van der Waals surface area contributed by atoms with Gasteiger partial charge in [-0.15, -0.1) is 0 Å². The van der Waals surface area contributed by atoms with Crippen LogP contribution in [0.4, 0.5) is 11.6 Å². The van der Waals surface area contributed by atoms with Gasteiger partial charge in [0.05, 0.1) is 29.7 Å². The second kappa shape index (κ2) is 7.95. The summed E-state index contributed by atoms with van der Waals surface area (Å²) in [5, 5.41) is 23.5. The first-order valence-electron chi connectivity index (χ1n) is 11.3. The Labute approximate surface area is 190 Å². The van der Waals surface area contributed by atoms with Gasteiger partial charge in [0.25, 0.3) is 0 Å². The molecule has 1 aliphatic heterocycles. The van der Waals surface area contributed by atoms with Gasteiger partial charge in [-0.25, -0.2) is 20.4 Å². The van der Waals surface area contributed by atoms with Crippen molar-refractivity contribution < 1.29 is 15.1 Å². The molecule has 1 aromatic carbocycles. The molecular formula is C24H26N6O3. The van der Waals surface area contributed by atoms with Gasteiger partial charge in [0, 0.05) is 18.0 Å². The quantitative estimate of drug-likeness (QED) is 0.376. The lowest BCUT2D eigenvalue weighted by Crippen LogP contribution is -2.29. The van der Waals surface area contributed by atoms with E-state index in [9.17, 15) is 10.2 Å². The molecule has 2 aliphatic rings. The number of nitrogens with one attached hydrogen (secondary N) is 1. The largest absolute Gasteiger partial charge is 0.390 e. The maximum Gasteiger partial charge on any atom is 0.153 e. The molecule has 3 aromatic heterocycles. The molecule has 33 heavy (non-hydrogen) atoms. The molecular weight excluding hydrogens is 420 g/mol. The summed E-state index contributed by atoms with van der Waals surface area (Å²) in [6.45, 7) is 0.647. The zero-order valence-corrected chi connectivity index (χ0v) is 18.1. The minimum absolute atomic E-state index is 0.0242. The van der Waals surface area contributed by atoms with Crippen molar-refractivity contribution in [2.24, 2.45) is 5.92 Å². The average Bonchev–Trinajstić information content (AvgIpc) is 3.38. The molecule has 0 amide bonds. The Morgan fingerprint density at radius 2 is 2.06 bits per heavy atom. The molecule has 1 saturated carbocycles. The van der Waals surface area contributed by atoms with Crippen molar-refractivity contribution in [3.63, 3.8) is 0 Å². The van der Waals surface area contributed by atoms with E-state index in [2.05, 4.69) is 39.7 Å². The molecule has 1 fully saturated rings. The Morgan fingerprint density at radius 3 is 2.97 bits per heavy atom. The highest BCUT2D eigenvalue weighted by Crippen LogP contribution is 2.39. The van der Waals surface area contributed by atoms with Gasteiger partial charge in [-0.3, -0.25) is 4.84 Å². The van der Waals surface area contributed by atoms with Crippen LogP contribution in [0, 0.1) is 5.92 Å². The number of hydrogen-bond acceptors (Lipinski definition) is 8. The molecule has 170 valence electrons. The van der Waals surface area contributed by atoms with Crippen LogP contribution in [0.2, 0.25) is 0 Å². The van der Waals surface area contributed by atoms with E-state index in [-0.39, 0.29) is 12.0 Å². The highest BCUT2D eigenvalue weighted by molar-refractivity contribution is 5.86. The summed E-state index contributed by atoms with van der Waals surface area (Å²) in [6, 6.07) is 10.1. The smallest absolute Gasteiger partial charge is 0.153 e. The molecule has 4 heterocycles. The van der Waals surface area contributed by atoms with E-state index in [1.807, 2.05) is 16.8 Å². The third-order valence-corrected chi connectivity index (χ3v) is 7.08. The Balaban J connectivity index is 1.20. The fourth-order valence-electron chi connectivity index (χ4n) is 5.24. The van der Waals surface area contributed by atoms with Crippen molar-refractivity contribution in [1.82, 2.24) is 19.5 Å². The normalized spacial score (nSPS) is 24.8. The molecule has 1 aliphatic carbocycles. The first-order valence-corrected chi connectivity index (χ1v) is 11.3. The third-order valence-electron chi connectivity index (χ3n) is 7.08. The van der Waals surface area contributed by atoms with Crippen LogP contribution in [-0.4, -0.2) is 48.5 Å². The number of fused-ring (bicyclic) bond motifs is 3. The number of aliphatic hydroxyl groups is 2. The predicted octanol–water partition coefficient (Wildman–Crippen LogP) is 2.38. The van der Waals surface area contributed by atoms with Gasteiger partial charge < -0.3 is 20.5 Å². The van der Waals surface area contributed by atoms with E-state index >= 15 is 0 Å². The van der Waals surface area contributed by atoms with Crippen LogP contribution in [0.25, 0.3) is 21.9 Å². The summed E-state index contributed by atoms with van der Waals surface area (Å²) >= 11 is 0. The van der Waals surface area contributed by atoms with Gasteiger partial charge >= 0.3 is 0 Å². The number of rotatable bonds is 4. The van der Waals surface area contributed by atoms with Gasteiger partial charge in [-0.05, 0) is 54.5 Å². The lowest BCUT2D eigenvalue weighted by molar-refractivity contribution is 0.00545. The summed E-state index contributed by atoms with van der Waals surface area (Å²) in [5.74, 6) is 1.17. The van der Waals surface area contributed by atoms with Crippen LogP contribution in [0.1, 0.15) is 30.0 Å². The van der Waals surface area contributed by atoms with E-state index < -0.39 is 12.2 Å². The van der Waals surface area contributed by atoms with E-state index in [1.54, 1.807) is 0 Å². The number of hydrogen-bond donors (Lipinski definition) is 4. The summed E-state index contributed by atoms with van der Waals surface area (Å²) < 4.78 is 1.92. The number of aliphatic hydroxyl groups excluding tert-OH is 2. The number of anilines is 2. The van der Waals surface area contributed by atoms with Crippen molar-refractivity contribution in [3.8, 4) is 0 Å². The molecule has 9 nitrogen and oxygen atoms in total. The number of nitrogens with zero attached hydrogens (tertiary/aromatic N) is 4. The van der Waals surface area contributed by atoms with Gasteiger partial charge in [-0.1, -0.05) is 12.1 Å². The molecule has 9 heteroatoms. The standard InChI is InChI=1S/C24H26N6O3/c25-22-17-5-7-30(24(17)27-12-26-22)19-11-15(20(31)21(19)32)4-2-13-1-3-14-10-16-6-8-33-29-23(16)28-18(14)9-13/h1,3,5,7,9-10,12,15,19-21,31-32H,2,4,6,8,11H2,(H,28,29)(H2,25,26,27)/t15-,19+,20+,21-/m0/s1. The van der Waals surface area contributed by atoms with Crippen LogP contribution in [0.3, 0.4) is 0 Å². The third kappa shape index (κ3) is 3.49. The molecule has 5 N–H and O–H groups in total. The highest BCUT2D eigenvalue weighted by atomic mass is 16.6. The van der Waals surface area contributed by atoms with Gasteiger partial charge in [0.15, 0.2) is 5.82 Å². The molecule has 0 saturated heterocycles. The predicted molar refractivity (Wildman–Crippen MR) is 124 cm³/mol. The Kier molecular flexibility index (Phi) is 4.90. The highest BCUT2D eigenvalue weighted by Gasteiger charge is 2.42. The van der Waals surface area contributed by atoms with Crippen molar-refractivity contribution in [2.75, 3.05) is 17.8 Å². The second-order valence-corrected chi connectivity index (χ2v) is 9.03. The first-order chi connectivity index (χ1) is 16.1. The fraction of sp³-hybridized carbons (Fsp3) is 0.375. The number of nitrogen functional groups attached to an aromatic ring is 1. The topological polar surface area (TPSA) is 131 Å². The number of aryl methyl sites for hydroxylation is 1. The summed E-state index contributed by atoms with van der Waals surface area (Å²) in [7, 11) is 0. The SMILES string of the molecule is Nc1ncnc2c1ccn2[C@@H]1C[C@H](CCc2ccc3cc4c(nc3c2)NOCC4)[C@@H](O)[C@H]1O. The summed E-state index contributed by atoms with van der Waals surface area (Å²) in [6.07, 6.45) is 4.71. The zero-order chi connectivity index (χ0) is 22.5. The van der Waals surface area contributed by atoms with E-state index in [4.69, 9.17) is 15.6 Å².